The van der Waals surface area contributed by atoms with Crippen LogP contribution in [-0.2, 0) is 0 Å². The van der Waals surface area contributed by atoms with Gasteiger partial charge in [-0.15, -0.1) is 11.3 Å². The molecule has 0 bridgehead atoms. The summed E-state index contributed by atoms with van der Waals surface area (Å²) in [7, 11) is 0. The number of rotatable bonds is 2. The van der Waals surface area contributed by atoms with Crippen LogP contribution in [0.4, 0.5) is 4.79 Å². The molecule has 0 aliphatic heterocycles. The first-order chi connectivity index (χ1) is 7.59. The maximum Gasteiger partial charge on any atom is 0.304 e. The van der Waals surface area contributed by atoms with Crippen molar-refractivity contribution < 1.29 is 4.79 Å². The molecule has 0 aliphatic carbocycles. The van der Waals surface area contributed by atoms with E-state index < -0.39 is 12.1 Å². The summed E-state index contributed by atoms with van der Waals surface area (Å²) in [6.07, 6.45) is 0. The predicted molar refractivity (Wildman–Crippen MR) is 65.0 cm³/mol. The molecule has 2 N–H and O–H groups in total. The van der Waals surface area contributed by atoms with E-state index in [1.165, 1.54) is 11.3 Å². The molecular formula is C11H11N2O2S-. The van der Waals surface area contributed by atoms with E-state index in [1.54, 1.807) is 6.92 Å². The van der Waals surface area contributed by atoms with Crippen LogP contribution in [0.15, 0.2) is 30.3 Å². The van der Waals surface area contributed by atoms with Crippen LogP contribution in [-0.4, -0.2) is 11.1 Å². The highest BCUT2D eigenvalue weighted by molar-refractivity contribution is 7.19. The molecule has 0 saturated carbocycles. The van der Waals surface area contributed by atoms with Gasteiger partial charge in [0.15, 0.2) is 0 Å². The van der Waals surface area contributed by atoms with Crippen molar-refractivity contribution in [1.82, 2.24) is 5.06 Å². The summed E-state index contributed by atoms with van der Waals surface area (Å²) >= 11 is 1.50. The first-order valence-electron chi connectivity index (χ1n) is 4.84. The van der Waals surface area contributed by atoms with Crippen molar-refractivity contribution in [2.75, 3.05) is 0 Å². The Morgan fingerprint density at radius 3 is 2.81 bits per heavy atom. The van der Waals surface area contributed by atoms with Gasteiger partial charge in [0.1, 0.15) is 0 Å². The molecule has 2 rings (SSSR count). The van der Waals surface area contributed by atoms with Gasteiger partial charge in [0.05, 0.1) is 6.04 Å². The molecule has 84 valence electrons. The summed E-state index contributed by atoms with van der Waals surface area (Å²) in [5.74, 6) is 0. The smallest absolute Gasteiger partial charge is 0.304 e. The SMILES string of the molecule is CC(c1cc2ccccc2s1)N([O-])C(N)=O. The van der Waals surface area contributed by atoms with Crippen molar-refractivity contribution in [3.8, 4) is 0 Å². The second-order valence-electron chi connectivity index (χ2n) is 3.53. The number of primary amides is 1. The van der Waals surface area contributed by atoms with Crippen molar-refractivity contribution in [3.63, 3.8) is 0 Å². The zero-order valence-corrected chi connectivity index (χ0v) is 9.53. The Bertz CT molecular complexity index is 490. The first-order valence-corrected chi connectivity index (χ1v) is 5.65. The summed E-state index contributed by atoms with van der Waals surface area (Å²) in [5, 5.41) is 12.7. The number of amides is 2. The maximum atomic E-state index is 11.4. The van der Waals surface area contributed by atoms with E-state index in [4.69, 9.17) is 5.73 Å². The molecule has 0 aliphatic rings. The second kappa shape index (κ2) is 4.11. The quantitative estimate of drug-likeness (QED) is 0.813. The van der Waals surface area contributed by atoms with Gasteiger partial charge in [-0.3, -0.25) is 0 Å². The van der Waals surface area contributed by atoms with Gasteiger partial charge in [0.25, 0.3) is 0 Å². The Morgan fingerprint density at radius 2 is 2.19 bits per heavy atom. The summed E-state index contributed by atoms with van der Waals surface area (Å²) in [6, 6.07) is 8.26. The van der Waals surface area contributed by atoms with E-state index in [0.29, 0.717) is 5.06 Å². The third-order valence-electron chi connectivity index (χ3n) is 2.43. The number of benzene rings is 1. The fourth-order valence-electron chi connectivity index (χ4n) is 1.51. The van der Waals surface area contributed by atoms with Gasteiger partial charge in [-0.25, -0.2) is 4.79 Å². The highest BCUT2D eigenvalue weighted by atomic mass is 32.1. The molecule has 16 heavy (non-hydrogen) atoms. The molecule has 1 aromatic carbocycles. The summed E-state index contributed by atoms with van der Waals surface area (Å²) in [4.78, 5) is 11.6. The van der Waals surface area contributed by atoms with Gasteiger partial charge >= 0.3 is 6.03 Å². The Labute approximate surface area is 96.9 Å². The van der Waals surface area contributed by atoms with Crippen molar-refractivity contribution in [1.29, 1.82) is 0 Å². The topological polar surface area (TPSA) is 69.4 Å². The maximum absolute atomic E-state index is 11.4. The van der Waals surface area contributed by atoms with E-state index in [9.17, 15) is 10.0 Å². The average Bonchev–Trinajstić information content (AvgIpc) is 2.70. The largest absolute Gasteiger partial charge is 0.754 e. The highest BCUT2D eigenvalue weighted by Crippen LogP contribution is 2.31. The third kappa shape index (κ3) is 1.87. The molecule has 0 radical (unpaired) electrons. The van der Waals surface area contributed by atoms with Gasteiger partial charge in [0.2, 0.25) is 0 Å². The number of nitrogens with two attached hydrogens (primary N) is 1. The van der Waals surface area contributed by atoms with Gasteiger partial charge in [-0.1, -0.05) is 18.2 Å². The number of carbonyl (C=O) groups is 1. The number of thiophene rings is 1. The van der Waals surface area contributed by atoms with E-state index in [2.05, 4.69) is 0 Å². The monoisotopic (exact) mass is 235 g/mol. The molecule has 1 atom stereocenters. The Hall–Kier alpha value is -1.59. The number of hydrogen-bond acceptors (Lipinski definition) is 3. The van der Waals surface area contributed by atoms with Crippen molar-refractivity contribution in [2.24, 2.45) is 5.73 Å². The van der Waals surface area contributed by atoms with Crippen LogP contribution in [0, 0.1) is 5.21 Å². The minimum absolute atomic E-state index is 0.296. The number of fused-ring (bicyclic) bond motifs is 1. The minimum Gasteiger partial charge on any atom is -0.754 e. The Balaban J connectivity index is 2.36. The molecule has 2 aromatic rings. The van der Waals surface area contributed by atoms with E-state index >= 15 is 0 Å². The summed E-state index contributed by atoms with van der Waals surface area (Å²) in [6.45, 7) is 1.67. The van der Waals surface area contributed by atoms with Crippen LogP contribution in [0.25, 0.3) is 10.1 Å². The molecule has 0 saturated heterocycles. The Morgan fingerprint density at radius 1 is 1.50 bits per heavy atom. The molecule has 1 unspecified atom stereocenters. The van der Waals surface area contributed by atoms with Gasteiger partial charge in [-0.2, -0.15) is 0 Å². The molecule has 5 heteroatoms. The lowest BCUT2D eigenvalue weighted by molar-refractivity contribution is 0.214. The number of hydrogen-bond donors (Lipinski definition) is 1. The van der Waals surface area contributed by atoms with Crippen LogP contribution < -0.4 is 5.73 Å². The summed E-state index contributed by atoms with van der Waals surface area (Å²) in [5.41, 5.74) is 4.95. The normalized spacial score (nSPS) is 12.6. The van der Waals surface area contributed by atoms with Crippen molar-refractivity contribution >= 4 is 27.5 Å². The fourth-order valence-corrected chi connectivity index (χ4v) is 2.61. The molecule has 1 heterocycles. The molecule has 4 nitrogen and oxygen atoms in total. The van der Waals surface area contributed by atoms with Crippen molar-refractivity contribution in [3.05, 3.63) is 40.4 Å². The number of nitrogens with zero attached hydrogens (tertiary/aromatic N) is 1. The van der Waals surface area contributed by atoms with E-state index in [-0.39, 0.29) is 0 Å². The van der Waals surface area contributed by atoms with Gasteiger partial charge in [0, 0.05) is 9.58 Å². The van der Waals surface area contributed by atoms with Crippen LogP contribution in [0.1, 0.15) is 17.8 Å². The summed E-state index contributed by atoms with van der Waals surface area (Å²) < 4.78 is 1.10. The van der Waals surface area contributed by atoms with Crippen LogP contribution >= 0.6 is 11.3 Å². The zero-order valence-electron chi connectivity index (χ0n) is 8.71. The zero-order chi connectivity index (χ0) is 11.7. The second-order valence-corrected chi connectivity index (χ2v) is 4.64. The Kier molecular flexibility index (Phi) is 2.80. The van der Waals surface area contributed by atoms with E-state index in [1.807, 2.05) is 30.3 Å². The van der Waals surface area contributed by atoms with Crippen molar-refractivity contribution in [2.45, 2.75) is 13.0 Å². The molecular weight excluding hydrogens is 224 g/mol. The van der Waals surface area contributed by atoms with Gasteiger partial charge < -0.3 is 16.0 Å². The fraction of sp³-hybridized carbons (Fsp3) is 0.182. The van der Waals surface area contributed by atoms with Crippen LogP contribution in [0.2, 0.25) is 0 Å². The molecule has 1 aromatic heterocycles. The first kappa shape index (κ1) is 10.9. The number of carbonyl (C=O) groups excluding carboxylic acids is 1. The highest BCUT2D eigenvalue weighted by Gasteiger charge is 2.13. The molecule has 2 amide bonds. The van der Waals surface area contributed by atoms with Crippen LogP contribution in [0.3, 0.4) is 0 Å². The molecule has 0 fully saturated rings. The lowest BCUT2D eigenvalue weighted by Crippen LogP contribution is -2.32. The minimum atomic E-state index is -0.954. The van der Waals surface area contributed by atoms with E-state index in [0.717, 1.165) is 15.0 Å². The average molecular weight is 235 g/mol. The number of urea groups is 1. The lowest BCUT2D eigenvalue weighted by Gasteiger charge is -2.32. The standard InChI is InChI=1S/C11H11N2O2S/c1-7(13(15)11(12)14)10-6-8-4-2-3-5-9(8)16-10/h2-7H,1H3,(H2,12,14)/q-1. The van der Waals surface area contributed by atoms with Crippen LogP contribution in [0.5, 0.6) is 0 Å². The molecule has 0 spiro atoms. The predicted octanol–water partition coefficient (Wildman–Crippen LogP) is 2.84. The lowest BCUT2D eigenvalue weighted by atomic mass is 10.2. The van der Waals surface area contributed by atoms with Gasteiger partial charge in [-0.05, 0) is 24.4 Å². The third-order valence-corrected chi connectivity index (χ3v) is 3.71. The number of hydroxylamine groups is 2.